The fraction of sp³-hybridized carbons (Fsp3) is 0.435. The number of hydrogen-bond donors (Lipinski definition) is 2. The van der Waals surface area contributed by atoms with E-state index >= 15 is 0 Å². The minimum absolute atomic E-state index is 0.101. The molecule has 30 heavy (non-hydrogen) atoms. The van der Waals surface area contributed by atoms with Crippen molar-refractivity contribution in [3.8, 4) is 0 Å². The Hall–Kier alpha value is -2.22. The summed E-state index contributed by atoms with van der Waals surface area (Å²) in [5, 5.41) is 4.98. The monoisotopic (exact) mass is 430 g/mol. The Morgan fingerprint density at radius 1 is 1.07 bits per heavy atom. The number of anilines is 1. The van der Waals surface area contributed by atoms with Crippen molar-refractivity contribution in [1.82, 2.24) is 4.31 Å². The maximum Gasteiger partial charge on any atom is 0.282 e. The van der Waals surface area contributed by atoms with Crippen LogP contribution in [0.25, 0.3) is 0 Å². The van der Waals surface area contributed by atoms with E-state index in [1.807, 2.05) is 6.92 Å². The van der Waals surface area contributed by atoms with Gasteiger partial charge in [-0.15, -0.1) is 0 Å². The lowest BCUT2D eigenvalue weighted by Gasteiger charge is -2.19. The zero-order chi connectivity index (χ0) is 21.7. The number of nitrogens with two attached hydrogens (primary N) is 1. The van der Waals surface area contributed by atoms with Gasteiger partial charge in [-0.25, -0.2) is 8.42 Å². The van der Waals surface area contributed by atoms with Crippen molar-refractivity contribution < 1.29 is 18.5 Å². The molecule has 0 bridgehead atoms. The average molecular weight is 431 g/mol. The molecule has 0 saturated carbocycles. The molecule has 6 nitrogen and oxygen atoms in total. The molecular formula is C23H32N3O3S+. The van der Waals surface area contributed by atoms with Crippen molar-refractivity contribution in [3.63, 3.8) is 0 Å². The molecule has 1 fully saturated rings. The van der Waals surface area contributed by atoms with Crippen LogP contribution in [0, 0.1) is 6.92 Å². The highest BCUT2D eigenvalue weighted by atomic mass is 32.2. The summed E-state index contributed by atoms with van der Waals surface area (Å²) in [4.78, 5) is 12.9. The smallest absolute Gasteiger partial charge is 0.282 e. The molecule has 3 N–H and O–H groups in total. The Labute approximate surface area is 179 Å². The molecule has 1 heterocycles. The summed E-state index contributed by atoms with van der Waals surface area (Å²) in [5.74, 6) is -0.101. The van der Waals surface area contributed by atoms with Gasteiger partial charge in [0.15, 0.2) is 6.04 Å². The molecule has 7 heteroatoms. The van der Waals surface area contributed by atoms with Gasteiger partial charge >= 0.3 is 0 Å². The summed E-state index contributed by atoms with van der Waals surface area (Å²) >= 11 is 0. The molecule has 0 spiro atoms. The lowest BCUT2D eigenvalue weighted by molar-refractivity contribution is -0.713. The number of amides is 1. The first-order valence-corrected chi connectivity index (χ1v) is 12.1. The average Bonchev–Trinajstić information content (AvgIpc) is 3.29. The summed E-state index contributed by atoms with van der Waals surface area (Å²) in [6.07, 6.45) is 2.73. The van der Waals surface area contributed by atoms with Gasteiger partial charge in [0.05, 0.1) is 4.90 Å². The second-order valence-electron chi connectivity index (χ2n) is 8.03. The number of nitrogens with zero attached hydrogens (tertiary/aromatic N) is 1. The molecule has 2 aromatic carbocycles. The molecule has 1 saturated heterocycles. The van der Waals surface area contributed by atoms with Gasteiger partial charge in [-0.05, 0) is 51.0 Å². The van der Waals surface area contributed by atoms with E-state index in [2.05, 4.69) is 48.7 Å². The molecule has 1 amide bonds. The molecule has 0 aliphatic carbocycles. The number of benzene rings is 2. The molecule has 0 unspecified atom stereocenters. The largest absolute Gasteiger partial charge is 0.330 e. The molecule has 2 aromatic rings. The number of hydrogen-bond acceptors (Lipinski definition) is 3. The first-order chi connectivity index (χ1) is 14.3. The molecule has 3 rings (SSSR count). The van der Waals surface area contributed by atoms with Gasteiger partial charge in [-0.2, -0.15) is 4.31 Å². The maximum atomic E-state index is 12.7. The van der Waals surface area contributed by atoms with Crippen LogP contribution in [0.1, 0.15) is 50.3 Å². The fourth-order valence-corrected chi connectivity index (χ4v) is 5.29. The third-order valence-electron chi connectivity index (χ3n) is 5.70. The Morgan fingerprint density at radius 3 is 2.23 bits per heavy atom. The summed E-state index contributed by atoms with van der Waals surface area (Å²) in [7, 11) is -3.44. The van der Waals surface area contributed by atoms with Gasteiger partial charge in [-0.1, -0.05) is 36.8 Å². The predicted octanol–water partition coefficient (Wildman–Crippen LogP) is 2.82. The van der Waals surface area contributed by atoms with Crippen LogP contribution in [0.15, 0.2) is 53.4 Å². The molecular weight excluding hydrogens is 398 g/mol. The van der Waals surface area contributed by atoms with Crippen LogP contribution in [0.3, 0.4) is 0 Å². The number of carbonyl (C=O) groups excluding carboxylic acids is 1. The van der Waals surface area contributed by atoms with Gasteiger partial charge in [0.25, 0.3) is 5.91 Å². The van der Waals surface area contributed by atoms with Crippen molar-refractivity contribution in [2.45, 2.75) is 57.0 Å². The topological polar surface area (TPSA) is 83.1 Å². The van der Waals surface area contributed by atoms with Crippen molar-refractivity contribution in [2.24, 2.45) is 0 Å². The lowest BCUT2D eigenvalue weighted by Crippen LogP contribution is -2.92. The third kappa shape index (κ3) is 5.28. The summed E-state index contributed by atoms with van der Waals surface area (Å²) in [5.41, 5.74) is 3.03. The van der Waals surface area contributed by atoms with E-state index < -0.39 is 10.0 Å². The summed E-state index contributed by atoms with van der Waals surface area (Å²) in [6, 6.07) is 14.8. The Balaban J connectivity index is 1.61. The minimum atomic E-state index is -3.44. The van der Waals surface area contributed by atoms with Crippen molar-refractivity contribution >= 4 is 21.6 Å². The second kappa shape index (κ2) is 9.73. The first-order valence-electron chi connectivity index (χ1n) is 10.6. The third-order valence-corrected chi connectivity index (χ3v) is 7.62. The van der Waals surface area contributed by atoms with E-state index in [-0.39, 0.29) is 22.9 Å². The Morgan fingerprint density at radius 2 is 1.67 bits per heavy atom. The summed E-state index contributed by atoms with van der Waals surface area (Å²) in [6.45, 7) is 7.22. The van der Waals surface area contributed by atoms with Crippen LogP contribution < -0.4 is 10.6 Å². The molecule has 2 atom stereocenters. The van der Waals surface area contributed by atoms with Crippen molar-refractivity contribution in [3.05, 3.63) is 59.7 Å². The molecule has 1 aliphatic heterocycles. The maximum absolute atomic E-state index is 12.7. The number of nitrogens with one attached hydrogen (secondary N) is 1. The van der Waals surface area contributed by atoms with Crippen molar-refractivity contribution in [2.75, 3.05) is 18.4 Å². The quantitative estimate of drug-likeness (QED) is 0.676. The zero-order valence-electron chi connectivity index (χ0n) is 18.0. The van der Waals surface area contributed by atoms with E-state index in [9.17, 15) is 13.2 Å². The van der Waals surface area contributed by atoms with E-state index in [1.165, 1.54) is 15.4 Å². The van der Waals surface area contributed by atoms with Crippen LogP contribution in [0.2, 0.25) is 0 Å². The van der Waals surface area contributed by atoms with Gasteiger partial charge in [-0.3, -0.25) is 4.79 Å². The zero-order valence-corrected chi connectivity index (χ0v) is 18.8. The van der Waals surface area contributed by atoms with Crippen LogP contribution in [-0.2, 0) is 14.8 Å². The summed E-state index contributed by atoms with van der Waals surface area (Å²) < 4.78 is 26.8. The van der Waals surface area contributed by atoms with E-state index in [4.69, 9.17) is 0 Å². The number of sulfonamides is 1. The lowest BCUT2D eigenvalue weighted by atomic mass is 10.0. The fourth-order valence-electron chi connectivity index (χ4n) is 3.78. The highest BCUT2D eigenvalue weighted by Gasteiger charge is 2.27. The molecule has 1 aliphatic rings. The van der Waals surface area contributed by atoms with E-state index in [0.29, 0.717) is 18.8 Å². The van der Waals surface area contributed by atoms with E-state index in [0.717, 1.165) is 19.3 Å². The van der Waals surface area contributed by atoms with Crippen LogP contribution in [0.5, 0.6) is 0 Å². The minimum Gasteiger partial charge on any atom is -0.330 e. The Bertz CT molecular complexity index is 950. The molecule has 0 radical (unpaired) electrons. The molecule has 0 aromatic heterocycles. The van der Waals surface area contributed by atoms with Gasteiger partial charge < -0.3 is 10.6 Å². The second-order valence-corrected chi connectivity index (χ2v) is 9.97. The highest BCUT2D eigenvalue weighted by Crippen LogP contribution is 2.22. The van der Waals surface area contributed by atoms with Crippen LogP contribution in [0.4, 0.5) is 5.69 Å². The number of aryl methyl sites for hydroxylation is 1. The van der Waals surface area contributed by atoms with Crippen molar-refractivity contribution in [1.29, 1.82) is 0 Å². The highest BCUT2D eigenvalue weighted by molar-refractivity contribution is 7.89. The van der Waals surface area contributed by atoms with Crippen LogP contribution in [-0.4, -0.2) is 37.8 Å². The first kappa shape index (κ1) is 22.5. The number of quaternary nitrogens is 1. The SMILES string of the molecule is CC[C@H]([NH2+][C@H](C)C(=O)Nc1ccc(S(=O)(=O)N2CCCC2)cc1)c1ccc(C)cc1. The molecule has 162 valence electrons. The van der Waals surface area contributed by atoms with Gasteiger partial charge in [0.2, 0.25) is 10.0 Å². The number of carbonyl (C=O) groups is 1. The van der Waals surface area contributed by atoms with E-state index in [1.54, 1.807) is 24.3 Å². The van der Waals surface area contributed by atoms with Gasteiger partial charge in [0.1, 0.15) is 6.04 Å². The Kier molecular flexibility index (Phi) is 7.28. The predicted molar refractivity (Wildman–Crippen MR) is 119 cm³/mol. The van der Waals surface area contributed by atoms with Crippen LogP contribution >= 0.6 is 0 Å². The normalized spacial score (nSPS) is 16.9. The standard InChI is InChI=1S/C23H31N3O3S/c1-4-22(19-9-7-17(2)8-10-19)24-18(3)23(27)25-20-11-13-21(14-12-20)30(28,29)26-15-5-6-16-26/h7-14,18,22,24H,4-6,15-16H2,1-3H3,(H,25,27)/p+1/t18-,22+/m1/s1. The number of rotatable bonds is 8. The van der Waals surface area contributed by atoms with Gasteiger partial charge in [0, 0.05) is 30.8 Å².